The highest BCUT2D eigenvalue weighted by molar-refractivity contribution is 6.30. The van der Waals surface area contributed by atoms with Crippen molar-refractivity contribution in [1.29, 1.82) is 0 Å². The largest absolute Gasteiger partial charge is 0.481 e. The third-order valence-electron chi connectivity index (χ3n) is 4.07. The van der Waals surface area contributed by atoms with E-state index >= 15 is 0 Å². The van der Waals surface area contributed by atoms with Crippen LogP contribution in [0, 0.1) is 0 Å². The minimum Gasteiger partial charge on any atom is -0.481 e. The van der Waals surface area contributed by atoms with Crippen LogP contribution < -0.4 is 5.32 Å². The van der Waals surface area contributed by atoms with Gasteiger partial charge in [0.15, 0.2) is 0 Å². The molecule has 0 bridgehead atoms. The maximum Gasteiger partial charge on any atom is 0.340 e. The van der Waals surface area contributed by atoms with Crippen LogP contribution in [0.2, 0.25) is 5.02 Å². The zero-order chi connectivity index (χ0) is 20.7. The molecular weight excluding hydrogens is 389 g/mol. The summed E-state index contributed by atoms with van der Waals surface area (Å²) in [4.78, 5) is 33.4. The first-order valence-electron chi connectivity index (χ1n) is 8.49. The number of carboxylic acid groups (broad SMARTS) is 2. The van der Waals surface area contributed by atoms with E-state index in [-0.39, 0.29) is 12.8 Å². The van der Waals surface area contributed by atoms with Crippen molar-refractivity contribution in [2.45, 2.75) is 31.5 Å². The minimum absolute atomic E-state index is 0.0535. The lowest BCUT2D eigenvalue weighted by atomic mass is 9.98. The highest BCUT2D eigenvalue weighted by Crippen LogP contribution is 2.23. The van der Waals surface area contributed by atoms with Gasteiger partial charge in [0, 0.05) is 11.4 Å². The summed E-state index contributed by atoms with van der Waals surface area (Å²) in [5, 5.41) is 20.4. The summed E-state index contributed by atoms with van der Waals surface area (Å²) in [6, 6.07) is 12.9. The molecule has 1 amide bonds. The van der Waals surface area contributed by atoms with Crippen molar-refractivity contribution in [1.82, 2.24) is 5.32 Å². The van der Waals surface area contributed by atoms with Crippen molar-refractivity contribution in [2.75, 3.05) is 0 Å². The fraction of sp³-hybridized carbons (Fsp3) is 0.250. The van der Waals surface area contributed by atoms with E-state index in [1.165, 1.54) is 0 Å². The van der Waals surface area contributed by atoms with Crippen LogP contribution in [0.4, 0.5) is 4.39 Å². The highest BCUT2D eigenvalue weighted by Gasteiger charge is 2.29. The summed E-state index contributed by atoms with van der Waals surface area (Å²) in [5.41, 5.74) is 2.40. The SMILES string of the molecule is O=C(O)CCC(=O)NC(Cc1ccc(-c2cccc(Cl)c2)cc1)[C@H](F)C(=O)O. The molecule has 0 radical (unpaired) electrons. The van der Waals surface area contributed by atoms with E-state index < -0.39 is 36.5 Å². The standard InChI is InChI=1S/C20H19ClFNO5/c21-15-3-1-2-14(11-15)13-6-4-12(5-7-13)10-16(19(22)20(27)28)23-17(24)8-9-18(25)26/h1-7,11,16,19H,8-10H2,(H,23,24)(H,25,26)(H,27,28)/t16?,19-/m0/s1. The number of amides is 1. The number of carbonyl (C=O) groups is 3. The van der Waals surface area contributed by atoms with Crippen LogP contribution in [-0.4, -0.2) is 40.3 Å². The van der Waals surface area contributed by atoms with Crippen molar-refractivity contribution in [3.63, 3.8) is 0 Å². The van der Waals surface area contributed by atoms with Crippen molar-refractivity contribution in [2.24, 2.45) is 0 Å². The summed E-state index contributed by atoms with van der Waals surface area (Å²) in [5.74, 6) is -3.58. The molecule has 6 nitrogen and oxygen atoms in total. The Labute approximate surface area is 165 Å². The van der Waals surface area contributed by atoms with Crippen molar-refractivity contribution in [3.8, 4) is 11.1 Å². The number of rotatable bonds is 9. The Morgan fingerprint density at radius 2 is 1.68 bits per heavy atom. The predicted octanol–water partition coefficient (Wildman–Crippen LogP) is 3.32. The Morgan fingerprint density at radius 3 is 2.25 bits per heavy atom. The smallest absolute Gasteiger partial charge is 0.340 e. The average Bonchev–Trinajstić information content (AvgIpc) is 2.65. The first kappa shape index (κ1) is 21.4. The van der Waals surface area contributed by atoms with E-state index in [1.807, 2.05) is 12.1 Å². The molecule has 0 spiro atoms. The van der Waals surface area contributed by atoms with Gasteiger partial charge in [0.2, 0.25) is 12.1 Å². The molecule has 0 saturated carbocycles. The van der Waals surface area contributed by atoms with Crippen molar-refractivity contribution < 1.29 is 29.0 Å². The van der Waals surface area contributed by atoms with Gasteiger partial charge < -0.3 is 15.5 Å². The first-order chi connectivity index (χ1) is 13.3. The molecule has 3 N–H and O–H groups in total. The van der Waals surface area contributed by atoms with Crippen LogP contribution in [0.3, 0.4) is 0 Å². The molecule has 2 rings (SSSR count). The quantitative estimate of drug-likeness (QED) is 0.591. The Bertz CT molecular complexity index is 856. The molecule has 28 heavy (non-hydrogen) atoms. The molecule has 0 saturated heterocycles. The molecule has 0 aromatic heterocycles. The molecular formula is C20H19ClFNO5. The molecule has 0 aliphatic carbocycles. The average molecular weight is 408 g/mol. The Hall–Kier alpha value is -2.93. The van der Waals surface area contributed by atoms with E-state index in [0.29, 0.717) is 10.6 Å². The predicted molar refractivity (Wildman–Crippen MR) is 102 cm³/mol. The number of alkyl halides is 1. The number of benzene rings is 2. The maximum absolute atomic E-state index is 14.1. The van der Waals surface area contributed by atoms with Crippen LogP contribution in [0.1, 0.15) is 18.4 Å². The molecule has 1 unspecified atom stereocenters. The van der Waals surface area contributed by atoms with Crippen LogP contribution in [0.25, 0.3) is 11.1 Å². The number of carbonyl (C=O) groups excluding carboxylic acids is 1. The lowest BCUT2D eigenvalue weighted by Crippen LogP contribution is -2.46. The van der Waals surface area contributed by atoms with Crippen LogP contribution in [0.5, 0.6) is 0 Å². The Kier molecular flexibility index (Phi) is 7.52. The fourth-order valence-electron chi connectivity index (χ4n) is 2.65. The van der Waals surface area contributed by atoms with E-state index in [9.17, 15) is 18.8 Å². The van der Waals surface area contributed by atoms with Crippen molar-refractivity contribution >= 4 is 29.4 Å². The molecule has 0 heterocycles. The van der Waals surface area contributed by atoms with Gasteiger partial charge in [-0.2, -0.15) is 0 Å². The zero-order valence-electron chi connectivity index (χ0n) is 14.8. The molecule has 148 valence electrons. The number of hydrogen-bond acceptors (Lipinski definition) is 3. The summed E-state index contributed by atoms with van der Waals surface area (Å²) in [7, 11) is 0. The molecule has 8 heteroatoms. The van der Waals surface area contributed by atoms with E-state index in [2.05, 4.69) is 5.32 Å². The van der Waals surface area contributed by atoms with Gasteiger partial charge in [-0.15, -0.1) is 0 Å². The summed E-state index contributed by atoms with van der Waals surface area (Å²) < 4.78 is 14.1. The van der Waals surface area contributed by atoms with Crippen LogP contribution in [0.15, 0.2) is 48.5 Å². The number of halogens is 2. The Morgan fingerprint density at radius 1 is 1.00 bits per heavy atom. The van der Waals surface area contributed by atoms with E-state index in [1.54, 1.807) is 36.4 Å². The van der Waals surface area contributed by atoms with E-state index in [4.69, 9.17) is 21.8 Å². The zero-order valence-corrected chi connectivity index (χ0v) is 15.5. The molecule has 0 aliphatic heterocycles. The Balaban J connectivity index is 2.11. The van der Waals surface area contributed by atoms with Crippen molar-refractivity contribution in [3.05, 3.63) is 59.1 Å². The number of aliphatic carboxylic acids is 2. The topological polar surface area (TPSA) is 104 Å². The van der Waals surface area contributed by atoms with Gasteiger partial charge in [0.1, 0.15) is 0 Å². The van der Waals surface area contributed by atoms with Gasteiger partial charge in [-0.1, -0.05) is 48.0 Å². The third kappa shape index (κ3) is 6.35. The first-order valence-corrected chi connectivity index (χ1v) is 8.87. The fourth-order valence-corrected chi connectivity index (χ4v) is 2.84. The van der Waals surface area contributed by atoms with Gasteiger partial charge in [0.25, 0.3) is 0 Å². The number of carboxylic acids is 2. The minimum atomic E-state index is -2.32. The normalized spacial score (nSPS) is 12.8. The van der Waals surface area contributed by atoms with Gasteiger partial charge >= 0.3 is 11.9 Å². The second-order valence-electron chi connectivity index (χ2n) is 6.22. The molecule has 0 fully saturated rings. The lowest BCUT2D eigenvalue weighted by Gasteiger charge is -2.20. The number of nitrogens with one attached hydrogen (secondary N) is 1. The summed E-state index contributed by atoms with van der Waals surface area (Å²) >= 11 is 5.98. The molecule has 2 aromatic rings. The monoisotopic (exact) mass is 407 g/mol. The lowest BCUT2D eigenvalue weighted by molar-refractivity contribution is -0.144. The van der Waals surface area contributed by atoms with E-state index in [0.717, 1.165) is 11.1 Å². The third-order valence-corrected chi connectivity index (χ3v) is 4.30. The van der Waals surface area contributed by atoms with Gasteiger partial charge in [-0.3, -0.25) is 9.59 Å². The second-order valence-corrected chi connectivity index (χ2v) is 6.66. The maximum atomic E-state index is 14.1. The van der Waals surface area contributed by atoms with Crippen LogP contribution in [-0.2, 0) is 20.8 Å². The summed E-state index contributed by atoms with van der Waals surface area (Å²) in [6.07, 6.45) is -3.15. The molecule has 2 atom stereocenters. The van der Waals surface area contributed by atoms with Crippen LogP contribution >= 0.6 is 11.6 Å². The number of hydrogen-bond donors (Lipinski definition) is 3. The van der Waals surface area contributed by atoms with Gasteiger partial charge in [-0.25, -0.2) is 9.18 Å². The second kappa shape index (κ2) is 9.85. The molecule has 2 aromatic carbocycles. The summed E-state index contributed by atoms with van der Waals surface area (Å²) in [6.45, 7) is 0. The molecule has 0 aliphatic rings. The highest BCUT2D eigenvalue weighted by atomic mass is 35.5. The van der Waals surface area contributed by atoms with Gasteiger partial charge in [0.05, 0.1) is 12.5 Å². The van der Waals surface area contributed by atoms with Gasteiger partial charge in [-0.05, 0) is 35.2 Å².